The van der Waals surface area contributed by atoms with Crippen LogP contribution in [0.4, 0.5) is 5.88 Å². The summed E-state index contributed by atoms with van der Waals surface area (Å²) in [5, 5.41) is 11.2. The monoisotopic (exact) mass is 351 g/mol. The number of halogens is 1. The third-order valence-corrected chi connectivity index (χ3v) is 4.87. The fourth-order valence-electron chi connectivity index (χ4n) is 2.19. The molecule has 0 unspecified atom stereocenters. The Morgan fingerprint density at radius 3 is 2.74 bits per heavy atom. The molecule has 0 spiro atoms. The molecule has 3 rings (SSSR count). The molecule has 118 valence electrons. The quantitative estimate of drug-likeness (QED) is 0.522. The van der Waals surface area contributed by atoms with Crippen molar-refractivity contribution in [1.82, 2.24) is 4.57 Å². The van der Waals surface area contributed by atoms with Gasteiger partial charge in [-0.2, -0.15) is 4.99 Å². The van der Waals surface area contributed by atoms with Gasteiger partial charge in [0.05, 0.1) is 21.3 Å². The number of hydrogen-bond acceptors (Lipinski definition) is 5. The molecule has 7 nitrogen and oxygen atoms in total. The highest BCUT2D eigenvalue weighted by Gasteiger charge is 2.17. The number of nitrogens with zero attached hydrogens (tertiary/aromatic N) is 3. The number of fused-ring (bicyclic) bond motifs is 1. The van der Waals surface area contributed by atoms with E-state index in [1.54, 1.807) is 17.7 Å². The van der Waals surface area contributed by atoms with Crippen LogP contribution in [0.3, 0.4) is 0 Å². The van der Waals surface area contributed by atoms with E-state index < -0.39 is 16.7 Å². The van der Waals surface area contributed by atoms with Gasteiger partial charge in [0, 0.05) is 7.05 Å². The summed E-state index contributed by atoms with van der Waals surface area (Å²) in [5.74, 6) is -1.37. The van der Waals surface area contributed by atoms with Gasteiger partial charge in [-0.1, -0.05) is 29.0 Å². The van der Waals surface area contributed by atoms with Crippen molar-refractivity contribution < 1.29 is 14.1 Å². The lowest BCUT2D eigenvalue weighted by Crippen LogP contribution is -2.13. The van der Waals surface area contributed by atoms with Crippen molar-refractivity contribution in [2.75, 3.05) is 0 Å². The fourth-order valence-corrected chi connectivity index (χ4v) is 3.56. The van der Waals surface area contributed by atoms with Gasteiger partial charge in [0.25, 0.3) is 0 Å². The highest BCUT2D eigenvalue weighted by Crippen LogP contribution is 2.28. The Morgan fingerprint density at radius 2 is 2.13 bits per heavy atom. The largest absolute Gasteiger partial charge is 0.433 e. The van der Waals surface area contributed by atoms with E-state index in [0.717, 1.165) is 21.8 Å². The summed E-state index contributed by atoms with van der Waals surface area (Å²) in [7, 11) is 1.78. The lowest BCUT2D eigenvalue weighted by Gasteiger charge is -2.00. The van der Waals surface area contributed by atoms with E-state index in [2.05, 4.69) is 4.99 Å². The molecular formula is C14H10ClN3O4S. The first kappa shape index (κ1) is 15.4. The van der Waals surface area contributed by atoms with Crippen molar-refractivity contribution in [3.8, 4) is 0 Å². The minimum absolute atomic E-state index is 0.183. The zero-order valence-electron chi connectivity index (χ0n) is 12.1. The standard InChI is InChI=1S/C14H10ClN3O4S/c1-7-3-4-8(15)12-11(7)17(2)14(23-12)16-13(19)9-5-6-10(22-9)18(20)21/h3-6H,1-2H3. The number of furan rings is 1. The van der Waals surface area contributed by atoms with Crippen LogP contribution in [0.15, 0.2) is 33.7 Å². The molecule has 0 aliphatic carbocycles. The van der Waals surface area contributed by atoms with Crippen molar-refractivity contribution in [3.63, 3.8) is 0 Å². The zero-order valence-corrected chi connectivity index (χ0v) is 13.6. The Bertz CT molecular complexity index is 1010. The second-order valence-electron chi connectivity index (χ2n) is 4.80. The number of nitro groups is 1. The Kier molecular flexibility index (Phi) is 3.78. The Balaban J connectivity index is 2.12. The van der Waals surface area contributed by atoms with Crippen LogP contribution in [-0.2, 0) is 7.05 Å². The molecule has 3 aromatic rings. The summed E-state index contributed by atoms with van der Waals surface area (Å²) in [4.78, 5) is 26.4. The van der Waals surface area contributed by atoms with Crippen LogP contribution in [0.2, 0.25) is 5.02 Å². The van der Waals surface area contributed by atoms with Crippen LogP contribution in [0.25, 0.3) is 10.2 Å². The number of rotatable bonds is 2. The zero-order chi connectivity index (χ0) is 16.7. The Hall–Kier alpha value is -2.45. The fraction of sp³-hybridized carbons (Fsp3) is 0.143. The first-order valence-electron chi connectivity index (χ1n) is 6.46. The normalized spacial score (nSPS) is 12.0. The smallest absolute Gasteiger partial charge is 0.395 e. The van der Waals surface area contributed by atoms with Gasteiger partial charge < -0.3 is 8.98 Å². The van der Waals surface area contributed by atoms with E-state index in [1.807, 2.05) is 13.0 Å². The highest BCUT2D eigenvalue weighted by atomic mass is 35.5. The van der Waals surface area contributed by atoms with E-state index in [0.29, 0.717) is 9.82 Å². The van der Waals surface area contributed by atoms with E-state index in [1.165, 1.54) is 17.4 Å². The molecule has 23 heavy (non-hydrogen) atoms. The number of hydrogen-bond donors (Lipinski definition) is 0. The number of carbonyl (C=O) groups excluding carboxylic acids is 1. The first-order chi connectivity index (χ1) is 10.9. The topological polar surface area (TPSA) is 90.6 Å². The van der Waals surface area contributed by atoms with Gasteiger partial charge in [-0.3, -0.25) is 14.9 Å². The summed E-state index contributed by atoms with van der Waals surface area (Å²) in [5.41, 5.74) is 1.89. The van der Waals surface area contributed by atoms with Crippen molar-refractivity contribution in [3.05, 3.63) is 55.5 Å². The van der Waals surface area contributed by atoms with Crippen LogP contribution in [-0.4, -0.2) is 15.4 Å². The summed E-state index contributed by atoms with van der Waals surface area (Å²) in [6, 6.07) is 6.03. The molecule has 2 heterocycles. The van der Waals surface area contributed by atoms with Crippen LogP contribution in [0.1, 0.15) is 16.1 Å². The average molecular weight is 352 g/mol. The molecule has 0 bridgehead atoms. The van der Waals surface area contributed by atoms with E-state index in [-0.39, 0.29) is 5.76 Å². The maximum absolute atomic E-state index is 12.1. The van der Waals surface area contributed by atoms with Crippen molar-refractivity contribution in [2.24, 2.45) is 12.0 Å². The summed E-state index contributed by atoms with van der Waals surface area (Å²) in [6.45, 7) is 1.94. The molecule has 0 aliphatic heterocycles. The van der Waals surface area contributed by atoms with Crippen molar-refractivity contribution in [1.29, 1.82) is 0 Å². The van der Waals surface area contributed by atoms with Crippen LogP contribution < -0.4 is 4.80 Å². The third kappa shape index (κ3) is 2.66. The SMILES string of the molecule is Cc1ccc(Cl)c2sc(=NC(=O)c3ccc([N+](=O)[O-])o3)n(C)c12. The number of amides is 1. The van der Waals surface area contributed by atoms with Crippen LogP contribution in [0.5, 0.6) is 0 Å². The predicted octanol–water partition coefficient (Wildman–Crippen LogP) is 3.44. The van der Waals surface area contributed by atoms with Crippen LogP contribution in [0, 0.1) is 17.0 Å². The minimum atomic E-state index is -0.709. The molecule has 0 aliphatic rings. The number of thiazole rings is 1. The molecule has 0 fully saturated rings. The molecule has 0 radical (unpaired) electrons. The van der Waals surface area contributed by atoms with Crippen molar-refractivity contribution >= 4 is 44.9 Å². The van der Waals surface area contributed by atoms with Crippen molar-refractivity contribution in [2.45, 2.75) is 6.92 Å². The van der Waals surface area contributed by atoms with Gasteiger partial charge >= 0.3 is 11.8 Å². The minimum Gasteiger partial charge on any atom is -0.395 e. The molecule has 0 atom stereocenters. The number of benzene rings is 1. The molecule has 1 aromatic carbocycles. The number of carbonyl (C=O) groups is 1. The van der Waals surface area contributed by atoms with Gasteiger partial charge in [0.1, 0.15) is 4.92 Å². The van der Waals surface area contributed by atoms with E-state index in [4.69, 9.17) is 16.0 Å². The summed E-state index contributed by atoms with van der Waals surface area (Å²) < 4.78 is 7.45. The third-order valence-electron chi connectivity index (χ3n) is 3.28. The number of aryl methyl sites for hydroxylation is 2. The second kappa shape index (κ2) is 5.64. The molecule has 0 N–H and O–H groups in total. The Labute approximate surface area is 138 Å². The lowest BCUT2D eigenvalue weighted by molar-refractivity contribution is -0.402. The maximum Gasteiger partial charge on any atom is 0.433 e. The van der Waals surface area contributed by atoms with Gasteiger partial charge in [-0.25, -0.2) is 0 Å². The molecular weight excluding hydrogens is 342 g/mol. The predicted molar refractivity (Wildman–Crippen MR) is 85.8 cm³/mol. The molecule has 1 amide bonds. The number of aromatic nitrogens is 1. The molecule has 9 heteroatoms. The maximum atomic E-state index is 12.1. The summed E-state index contributed by atoms with van der Waals surface area (Å²) in [6.07, 6.45) is 0. The van der Waals surface area contributed by atoms with Gasteiger partial charge in [-0.05, 0) is 24.6 Å². The van der Waals surface area contributed by atoms with Gasteiger partial charge in [0.15, 0.2) is 4.80 Å². The van der Waals surface area contributed by atoms with E-state index >= 15 is 0 Å². The molecule has 0 saturated heterocycles. The average Bonchev–Trinajstić information content (AvgIpc) is 3.10. The second-order valence-corrected chi connectivity index (χ2v) is 6.18. The van der Waals surface area contributed by atoms with E-state index in [9.17, 15) is 14.9 Å². The first-order valence-corrected chi connectivity index (χ1v) is 7.66. The molecule has 0 saturated carbocycles. The lowest BCUT2D eigenvalue weighted by atomic mass is 10.2. The van der Waals surface area contributed by atoms with Crippen LogP contribution >= 0.6 is 22.9 Å². The molecule has 2 aromatic heterocycles. The summed E-state index contributed by atoms with van der Waals surface area (Å²) >= 11 is 7.45. The Morgan fingerprint density at radius 1 is 1.39 bits per heavy atom. The van der Waals surface area contributed by atoms with Gasteiger partial charge in [0.2, 0.25) is 5.76 Å². The highest BCUT2D eigenvalue weighted by molar-refractivity contribution is 7.17. The van der Waals surface area contributed by atoms with Gasteiger partial charge in [-0.15, -0.1) is 0 Å².